The van der Waals surface area contributed by atoms with Crippen LogP contribution in [0.1, 0.15) is 138 Å². The maximum atomic E-state index is 14.5. The minimum atomic E-state index is -0.941. The average Bonchev–Trinajstić information content (AvgIpc) is 4.15. The van der Waals surface area contributed by atoms with Gasteiger partial charge in [-0.15, -0.1) is 10.2 Å². The quantitative estimate of drug-likeness (QED) is 0.0645. The Hall–Kier alpha value is -8.64. The van der Waals surface area contributed by atoms with Gasteiger partial charge in [0.15, 0.2) is 23.0 Å². The minimum Gasteiger partial charge on any atom is -0.481 e. The first-order valence-corrected chi connectivity index (χ1v) is 27.3. The molecule has 0 radical (unpaired) electrons. The van der Waals surface area contributed by atoms with Gasteiger partial charge in [0, 0.05) is 37.2 Å². The van der Waals surface area contributed by atoms with Crippen molar-refractivity contribution >= 4 is 69.3 Å². The van der Waals surface area contributed by atoms with Crippen molar-refractivity contribution in [3.63, 3.8) is 0 Å². The zero-order valence-electron chi connectivity index (χ0n) is 45.3. The lowest BCUT2D eigenvalue weighted by molar-refractivity contribution is -0.153. The van der Waals surface area contributed by atoms with E-state index < -0.39 is 40.2 Å². The number of nitrogens with zero attached hydrogens (tertiary/aromatic N) is 14. The number of amides is 2. The van der Waals surface area contributed by atoms with Crippen molar-refractivity contribution in [1.82, 2.24) is 78.2 Å². The van der Waals surface area contributed by atoms with Crippen molar-refractivity contribution in [3.05, 3.63) is 165 Å². The first-order chi connectivity index (χ1) is 39.2. The number of hydrogen-bond acceptors (Lipinski definition) is 13. The van der Waals surface area contributed by atoms with Crippen molar-refractivity contribution in [1.29, 1.82) is 0 Å². The second-order valence-electron chi connectivity index (χ2n) is 22.0. The molecular formula is C56H56Cl2F2N16O6. The van der Waals surface area contributed by atoms with Crippen LogP contribution in [0.2, 0.25) is 10.0 Å². The first-order valence-electron chi connectivity index (χ1n) is 26.6. The topological polar surface area (TPSA) is 252 Å². The molecule has 0 unspecified atom stereocenters. The van der Waals surface area contributed by atoms with E-state index in [9.17, 15) is 33.1 Å². The zero-order valence-corrected chi connectivity index (χ0v) is 46.8. The second kappa shape index (κ2) is 22.0. The van der Waals surface area contributed by atoms with Crippen LogP contribution in [0.15, 0.2) is 86.5 Å². The summed E-state index contributed by atoms with van der Waals surface area (Å²) in [5.74, 6) is -2.26. The number of rotatable bonds is 19. The standard InChI is InChI=1S/C29H30ClFN8O3.C27H26ClFN8O3/c1-4-42-28(41)29(2,3)10-18-9-19(17-5-6-17)12-38-13-20(34-26(18)38)14-39-15-23(35-36-39)27(40)32-11-22-25-24(31)21(30)7-8-37(25)16-33-22;1-27(2,26(39)40)8-16-7-17(15-3-4-15)10-36-11-18(32-24(16)36)12-37-13-21(33-34-37)25(38)30-9-20-23-22(29)19(28)5-6-35(23)14-31-20/h7-9,12-13,15-17H,4-6,10-11,14H2,1-3H3,(H,32,40);5-7,10-11,13-15H,3-4,8-9,12H2,1-2H3,(H,30,38)(H,39,40). The number of carbonyl (C=O) groups is 4. The largest absolute Gasteiger partial charge is 0.481 e. The van der Waals surface area contributed by atoms with Crippen LogP contribution in [-0.4, -0.2) is 103 Å². The fourth-order valence-electron chi connectivity index (χ4n) is 9.84. The Morgan fingerprint density at radius 1 is 0.659 bits per heavy atom. The number of hydrogen-bond donors (Lipinski definition) is 3. The van der Waals surface area contributed by atoms with Crippen LogP contribution in [0.25, 0.3) is 22.3 Å². The van der Waals surface area contributed by atoms with Gasteiger partial charge in [0.2, 0.25) is 0 Å². The summed E-state index contributed by atoms with van der Waals surface area (Å²) >= 11 is 11.8. The lowest BCUT2D eigenvalue weighted by Gasteiger charge is -2.23. The van der Waals surface area contributed by atoms with Gasteiger partial charge >= 0.3 is 11.9 Å². The zero-order chi connectivity index (χ0) is 57.8. The number of carbonyl (C=O) groups excluding carboxylic acids is 3. The molecular weight excluding hydrogens is 1100 g/mol. The number of nitrogens with one attached hydrogen (secondary N) is 2. The summed E-state index contributed by atoms with van der Waals surface area (Å²) in [6.07, 6.45) is 22.5. The number of carboxylic acid groups (broad SMARTS) is 1. The summed E-state index contributed by atoms with van der Waals surface area (Å²) < 4.78 is 44.3. The molecule has 2 saturated carbocycles. The smallest absolute Gasteiger partial charge is 0.311 e. The molecule has 0 atom stereocenters. The lowest BCUT2D eigenvalue weighted by atomic mass is 9.85. The lowest BCUT2D eigenvalue weighted by Crippen LogP contribution is -2.29. The normalized spacial score (nSPS) is 13.7. The Bertz CT molecular complexity index is 4130. The Morgan fingerprint density at radius 2 is 1.10 bits per heavy atom. The molecule has 2 aliphatic rings. The number of esters is 1. The third-order valence-corrected chi connectivity index (χ3v) is 15.1. The van der Waals surface area contributed by atoms with Gasteiger partial charge in [0.1, 0.15) is 22.3 Å². The molecule has 2 aliphatic carbocycles. The monoisotopic (exact) mass is 1160 g/mol. The van der Waals surface area contributed by atoms with Crippen LogP contribution >= 0.6 is 23.2 Å². The van der Waals surface area contributed by atoms with Gasteiger partial charge in [-0.2, -0.15) is 0 Å². The third-order valence-electron chi connectivity index (χ3n) is 14.5. The number of fused-ring (bicyclic) bond motifs is 4. The Kier molecular flexibility index (Phi) is 14.8. The van der Waals surface area contributed by atoms with Crippen LogP contribution in [-0.2, 0) is 53.3 Å². The van der Waals surface area contributed by atoms with Crippen molar-refractivity contribution in [3.8, 4) is 0 Å². The van der Waals surface area contributed by atoms with E-state index in [1.165, 1.54) is 66.5 Å². The Labute approximate surface area is 476 Å². The predicted octanol–water partition coefficient (Wildman–Crippen LogP) is 8.23. The van der Waals surface area contributed by atoms with E-state index >= 15 is 0 Å². The number of ether oxygens (including phenoxy) is 1. The second-order valence-corrected chi connectivity index (χ2v) is 22.9. The van der Waals surface area contributed by atoms with Gasteiger partial charge in [0.05, 0.1) is 101 Å². The van der Waals surface area contributed by atoms with Crippen molar-refractivity contribution in [2.75, 3.05) is 6.61 Å². The van der Waals surface area contributed by atoms with Gasteiger partial charge in [-0.25, -0.2) is 38.1 Å². The van der Waals surface area contributed by atoms with Crippen molar-refractivity contribution in [2.24, 2.45) is 10.8 Å². The molecule has 0 bridgehead atoms. The van der Waals surface area contributed by atoms with Gasteiger partial charge in [-0.1, -0.05) is 45.8 Å². The van der Waals surface area contributed by atoms with E-state index in [1.54, 1.807) is 33.2 Å². The molecule has 10 aromatic rings. The molecule has 26 heteroatoms. The van der Waals surface area contributed by atoms with Crippen LogP contribution in [0.4, 0.5) is 8.78 Å². The van der Waals surface area contributed by atoms with E-state index in [1.807, 2.05) is 35.0 Å². The van der Waals surface area contributed by atoms with E-state index in [4.69, 9.17) is 37.9 Å². The van der Waals surface area contributed by atoms with Gasteiger partial charge in [-0.05, 0) is 119 Å². The molecule has 0 aliphatic heterocycles. The van der Waals surface area contributed by atoms with Crippen molar-refractivity contribution < 1.29 is 37.8 Å². The number of aromatic nitrogens is 14. The highest BCUT2D eigenvalue weighted by atomic mass is 35.5. The van der Waals surface area contributed by atoms with Crippen LogP contribution in [0.3, 0.4) is 0 Å². The molecule has 12 rings (SSSR count). The number of imidazole rings is 4. The predicted molar refractivity (Wildman–Crippen MR) is 294 cm³/mol. The van der Waals surface area contributed by atoms with E-state index in [0.29, 0.717) is 54.0 Å². The highest BCUT2D eigenvalue weighted by Crippen LogP contribution is 2.42. The number of carboxylic acids is 1. The van der Waals surface area contributed by atoms with Gasteiger partial charge in [-0.3, -0.25) is 19.2 Å². The molecule has 0 spiro atoms. The highest BCUT2D eigenvalue weighted by molar-refractivity contribution is 6.31. The fraction of sp³-hybridized carbons (Fsp3) is 0.357. The summed E-state index contributed by atoms with van der Waals surface area (Å²) in [6, 6.07) is 7.10. The molecule has 0 saturated heterocycles. The summed E-state index contributed by atoms with van der Waals surface area (Å²) in [6.45, 7) is 9.85. The van der Waals surface area contributed by atoms with Crippen LogP contribution in [0, 0.1) is 22.5 Å². The van der Waals surface area contributed by atoms with Crippen molar-refractivity contribution in [2.45, 2.75) is 111 Å². The molecule has 2 amide bonds. The molecule has 82 heavy (non-hydrogen) atoms. The van der Waals surface area contributed by atoms with E-state index in [2.05, 4.69) is 65.8 Å². The Morgan fingerprint density at radius 3 is 1.51 bits per heavy atom. The van der Waals surface area contributed by atoms with E-state index in [0.717, 1.165) is 48.2 Å². The third kappa shape index (κ3) is 11.6. The number of aliphatic carboxylic acids is 1. The highest BCUT2D eigenvalue weighted by Gasteiger charge is 2.34. The summed E-state index contributed by atoms with van der Waals surface area (Å²) in [4.78, 5) is 67.9. The number of pyridine rings is 4. The van der Waals surface area contributed by atoms with Crippen LogP contribution < -0.4 is 10.6 Å². The maximum absolute atomic E-state index is 14.5. The first kappa shape index (κ1) is 55.3. The summed E-state index contributed by atoms with van der Waals surface area (Å²) in [5.41, 5.74) is 6.77. The summed E-state index contributed by atoms with van der Waals surface area (Å²) in [7, 11) is 0. The summed E-state index contributed by atoms with van der Waals surface area (Å²) in [5, 5.41) is 31.2. The van der Waals surface area contributed by atoms with Crippen LogP contribution in [0.5, 0.6) is 0 Å². The van der Waals surface area contributed by atoms with E-state index in [-0.39, 0.29) is 64.6 Å². The maximum Gasteiger partial charge on any atom is 0.311 e. The molecule has 10 aromatic heterocycles. The number of halogens is 4. The minimum absolute atomic E-state index is 0.0137. The molecule has 10 heterocycles. The molecule has 0 aromatic carbocycles. The van der Waals surface area contributed by atoms with Gasteiger partial charge < -0.3 is 38.1 Å². The molecule has 424 valence electrons. The SMILES string of the molecule is CC(C)(Cc1cc(C2CC2)cn2cc(Cn3cc(C(=O)NCc4ncn5ccc(Cl)c(F)c45)nn3)nc12)C(=O)O.CCOC(=O)C(C)(C)Cc1cc(C2CC2)cn2cc(Cn3cc(C(=O)NCc4ncn5ccc(Cl)c(F)c45)nn3)nc12. The molecule has 3 N–H and O–H groups in total. The fourth-order valence-corrected chi connectivity index (χ4v) is 10.1. The Balaban J connectivity index is 0.000000172. The van der Waals surface area contributed by atoms with Gasteiger partial charge in [0.25, 0.3) is 11.8 Å². The molecule has 22 nitrogen and oxygen atoms in total. The molecule has 2 fully saturated rings. The average molecular weight is 1160 g/mol.